The van der Waals surface area contributed by atoms with E-state index in [0.29, 0.717) is 0 Å². The Morgan fingerprint density at radius 3 is 2.35 bits per heavy atom. The Bertz CT molecular complexity index is 394. The Kier molecular flexibility index (Phi) is 4.17. The van der Waals surface area contributed by atoms with E-state index >= 15 is 0 Å². The van der Waals surface area contributed by atoms with E-state index < -0.39 is 6.04 Å². The normalized spacial score (nSPS) is 13.6. The zero-order chi connectivity index (χ0) is 13.2. The summed E-state index contributed by atoms with van der Waals surface area (Å²) in [4.78, 5) is 0. The van der Waals surface area contributed by atoms with Crippen molar-refractivity contribution in [3.05, 3.63) is 28.8 Å². The molecule has 1 unspecified atom stereocenters. The molecule has 0 saturated carbocycles. The minimum atomic E-state index is -0.397. The molecule has 0 aliphatic heterocycles. The van der Waals surface area contributed by atoms with Crippen molar-refractivity contribution in [2.75, 3.05) is 13.7 Å². The quantitative estimate of drug-likeness (QED) is 0.848. The molecule has 0 aliphatic rings. The van der Waals surface area contributed by atoms with Gasteiger partial charge in [-0.25, -0.2) is 0 Å². The molecule has 0 saturated heterocycles. The van der Waals surface area contributed by atoms with Gasteiger partial charge < -0.3 is 15.6 Å². The molecular formula is C14H23NO2. The van der Waals surface area contributed by atoms with Crippen LogP contribution < -0.4 is 10.5 Å². The Hall–Kier alpha value is -1.06. The first-order valence-corrected chi connectivity index (χ1v) is 5.86. The van der Waals surface area contributed by atoms with Gasteiger partial charge in [-0.1, -0.05) is 38.5 Å². The van der Waals surface area contributed by atoms with Gasteiger partial charge in [-0.15, -0.1) is 0 Å². The maximum absolute atomic E-state index is 9.21. The van der Waals surface area contributed by atoms with Crippen LogP contribution in [-0.2, 0) is 5.41 Å². The summed E-state index contributed by atoms with van der Waals surface area (Å²) in [6.07, 6.45) is 0. The van der Waals surface area contributed by atoms with Gasteiger partial charge in [-0.3, -0.25) is 0 Å². The molecule has 0 amide bonds. The molecule has 3 N–H and O–H groups in total. The monoisotopic (exact) mass is 237 g/mol. The fourth-order valence-corrected chi connectivity index (χ4v) is 1.96. The van der Waals surface area contributed by atoms with Gasteiger partial charge in [0.1, 0.15) is 5.75 Å². The van der Waals surface area contributed by atoms with E-state index in [-0.39, 0.29) is 12.0 Å². The molecule has 3 heteroatoms. The number of aliphatic hydroxyl groups is 1. The third kappa shape index (κ3) is 2.99. The predicted molar refractivity (Wildman–Crippen MR) is 70.4 cm³/mol. The van der Waals surface area contributed by atoms with E-state index in [1.807, 2.05) is 13.0 Å². The first-order chi connectivity index (χ1) is 7.81. The molecule has 0 bridgehead atoms. The highest BCUT2D eigenvalue weighted by Gasteiger charge is 2.23. The lowest BCUT2D eigenvalue weighted by Gasteiger charge is -2.26. The van der Waals surface area contributed by atoms with Gasteiger partial charge in [0.05, 0.1) is 19.8 Å². The van der Waals surface area contributed by atoms with Crippen LogP contribution in [0.2, 0.25) is 0 Å². The van der Waals surface area contributed by atoms with Crippen LogP contribution >= 0.6 is 0 Å². The molecule has 96 valence electrons. The van der Waals surface area contributed by atoms with Crippen LogP contribution in [0.15, 0.2) is 12.1 Å². The summed E-state index contributed by atoms with van der Waals surface area (Å²) < 4.78 is 5.49. The Balaban J connectivity index is 3.46. The van der Waals surface area contributed by atoms with Crippen LogP contribution in [0.5, 0.6) is 5.75 Å². The zero-order valence-corrected chi connectivity index (χ0v) is 11.4. The highest BCUT2D eigenvalue weighted by Crippen LogP contribution is 2.37. The van der Waals surface area contributed by atoms with E-state index in [1.165, 1.54) is 0 Å². The summed E-state index contributed by atoms with van der Waals surface area (Å²) in [6, 6.07) is 3.70. The molecule has 17 heavy (non-hydrogen) atoms. The maximum Gasteiger partial charge on any atom is 0.127 e. The van der Waals surface area contributed by atoms with Gasteiger partial charge in [0.2, 0.25) is 0 Å². The van der Waals surface area contributed by atoms with Crippen LogP contribution in [-0.4, -0.2) is 18.8 Å². The van der Waals surface area contributed by atoms with Crippen molar-refractivity contribution in [2.24, 2.45) is 5.73 Å². The first kappa shape index (κ1) is 14.0. The highest BCUT2D eigenvalue weighted by atomic mass is 16.5. The molecule has 0 radical (unpaired) electrons. The van der Waals surface area contributed by atoms with Gasteiger partial charge in [-0.05, 0) is 12.3 Å². The Morgan fingerprint density at radius 2 is 1.94 bits per heavy atom. The number of hydrogen-bond donors (Lipinski definition) is 2. The van der Waals surface area contributed by atoms with Gasteiger partial charge in [-0.2, -0.15) is 0 Å². The van der Waals surface area contributed by atoms with E-state index in [2.05, 4.69) is 26.8 Å². The van der Waals surface area contributed by atoms with Crippen LogP contribution in [0, 0.1) is 6.92 Å². The lowest BCUT2D eigenvalue weighted by atomic mass is 9.83. The third-order valence-electron chi connectivity index (χ3n) is 2.87. The molecule has 0 heterocycles. The second-order valence-corrected chi connectivity index (χ2v) is 5.47. The number of benzene rings is 1. The minimum absolute atomic E-state index is 0.0126. The average molecular weight is 237 g/mol. The van der Waals surface area contributed by atoms with Crippen molar-refractivity contribution in [1.29, 1.82) is 0 Å². The highest BCUT2D eigenvalue weighted by molar-refractivity contribution is 5.49. The lowest BCUT2D eigenvalue weighted by Crippen LogP contribution is -2.20. The van der Waals surface area contributed by atoms with Crippen molar-refractivity contribution in [3.8, 4) is 5.75 Å². The SMILES string of the molecule is COc1c(C(N)CO)cc(C)cc1C(C)(C)C. The summed E-state index contributed by atoms with van der Waals surface area (Å²) >= 11 is 0. The fourth-order valence-electron chi connectivity index (χ4n) is 1.96. The van der Waals surface area contributed by atoms with Crippen molar-refractivity contribution in [1.82, 2.24) is 0 Å². The lowest BCUT2D eigenvalue weighted by molar-refractivity contribution is 0.264. The third-order valence-corrected chi connectivity index (χ3v) is 2.87. The van der Waals surface area contributed by atoms with Gasteiger partial charge >= 0.3 is 0 Å². The van der Waals surface area contributed by atoms with Crippen LogP contribution in [0.25, 0.3) is 0 Å². The summed E-state index contributed by atoms with van der Waals surface area (Å²) in [5.41, 5.74) is 9.04. The van der Waals surface area contributed by atoms with Crippen molar-refractivity contribution in [3.63, 3.8) is 0 Å². The predicted octanol–water partition coefficient (Wildman–Crippen LogP) is 2.29. The Labute approximate surface area is 104 Å². The number of methoxy groups -OCH3 is 1. The summed E-state index contributed by atoms with van der Waals surface area (Å²) in [5.74, 6) is 0.796. The topological polar surface area (TPSA) is 55.5 Å². The van der Waals surface area contributed by atoms with Crippen molar-refractivity contribution in [2.45, 2.75) is 39.2 Å². The number of aryl methyl sites for hydroxylation is 1. The molecule has 3 nitrogen and oxygen atoms in total. The number of rotatable bonds is 3. The van der Waals surface area contributed by atoms with E-state index in [9.17, 15) is 5.11 Å². The maximum atomic E-state index is 9.21. The second kappa shape index (κ2) is 5.07. The number of ether oxygens (including phenoxy) is 1. The van der Waals surface area contributed by atoms with Gasteiger partial charge in [0, 0.05) is 11.1 Å². The smallest absolute Gasteiger partial charge is 0.127 e. The molecular weight excluding hydrogens is 214 g/mol. The van der Waals surface area contributed by atoms with Crippen LogP contribution in [0.1, 0.15) is 43.5 Å². The first-order valence-electron chi connectivity index (χ1n) is 5.86. The summed E-state index contributed by atoms with van der Waals surface area (Å²) in [7, 11) is 1.65. The summed E-state index contributed by atoms with van der Waals surface area (Å²) in [6.45, 7) is 8.36. The minimum Gasteiger partial charge on any atom is -0.496 e. The standard InChI is InChI=1S/C14H23NO2/c1-9-6-10(12(15)8-16)13(17-5)11(7-9)14(2,3)4/h6-7,12,16H,8,15H2,1-5H3. The molecule has 1 atom stereocenters. The summed E-state index contributed by atoms with van der Waals surface area (Å²) in [5, 5.41) is 9.21. The molecule has 0 spiro atoms. The molecule has 1 aromatic carbocycles. The van der Waals surface area contributed by atoms with Crippen molar-refractivity contribution >= 4 is 0 Å². The van der Waals surface area contributed by atoms with Crippen molar-refractivity contribution < 1.29 is 9.84 Å². The zero-order valence-electron chi connectivity index (χ0n) is 11.4. The van der Waals surface area contributed by atoms with E-state index in [4.69, 9.17) is 10.5 Å². The molecule has 1 rings (SSSR count). The number of aliphatic hydroxyl groups excluding tert-OH is 1. The van der Waals surface area contributed by atoms with E-state index in [0.717, 1.165) is 22.4 Å². The molecule has 0 aromatic heterocycles. The molecule has 0 fully saturated rings. The molecule has 0 aliphatic carbocycles. The number of nitrogens with two attached hydrogens (primary N) is 1. The second-order valence-electron chi connectivity index (χ2n) is 5.47. The van der Waals surface area contributed by atoms with Crippen LogP contribution in [0.4, 0.5) is 0 Å². The fraction of sp³-hybridized carbons (Fsp3) is 0.571. The average Bonchev–Trinajstić information content (AvgIpc) is 2.25. The van der Waals surface area contributed by atoms with Crippen LogP contribution in [0.3, 0.4) is 0 Å². The largest absolute Gasteiger partial charge is 0.496 e. The van der Waals surface area contributed by atoms with Gasteiger partial charge in [0.25, 0.3) is 0 Å². The molecule has 1 aromatic rings. The van der Waals surface area contributed by atoms with Gasteiger partial charge in [0.15, 0.2) is 0 Å². The van der Waals surface area contributed by atoms with E-state index in [1.54, 1.807) is 7.11 Å². The Morgan fingerprint density at radius 1 is 1.35 bits per heavy atom. The number of hydrogen-bond acceptors (Lipinski definition) is 3.